The lowest BCUT2D eigenvalue weighted by Crippen LogP contribution is -2.18. The molecule has 17 heavy (non-hydrogen) atoms. The SMILES string of the molecule is CCOC(=O)C(=O)c1cc(OC)cc(C)c1Br. The molecule has 0 heterocycles. The Morgan fingerprint density at radius 2 is 2.00 bits per heavy atom. The minimum Gasteiger partial charge on any atom is -0.497 e. The van der Waals surface area contributed by atoms with Crippen molar-refractivity contribution in [3.05, 3.63) is 27.7 Å². The molecule has 4 nitrogen and oxygen atoms in total. The fourth-order valence-electron chi connectivity index (χ4n) is 1.33. The minimum absolute atomic E-state index is 0.172. The molecule has 0 saturated heterocycles. The van der Waals surface area contributed by atoms with Crippen LogP contribution in [0.3, 0.4) is 0 Å². The van der Waals surface area contributed by atoms with Gasteiger partial charge in [-0.05, 0) is 47.5 Å². The number of ketones is 1. The van der Waals surface area contributed by atoms with Crippen molar-refractivity contribution in [3.8, 4) is 5.75 Å². The van der Waals surface area contributed by atoms with E-state index in [1.807, 2.05) is 6.92 Å². The quantitative estimate of drug-likeness (QED) is 0.487. The smallest absolute Gasteiger partial charge is 0.379 e. The van der Waals surface area contributed by atoms with Crippen LogP contribution < -0.4 is 4.74 Å². The van der Waals surface area contributed by atoms with E-state index in [9.17, 15) is 9.59 Å². The Kier molecular flexibility index (Phi) is 4.69. The Bertz CT molecular complexity index is 454. The summed E-state index contributed by atoms with van der Waals surface area (Å²) in [6, 6.07) is 3.28. The van der Waals surface area contributed by atoms with Crippen LogP contribution in [0.1, 0.15) is 22.8 Å². The molecule has 1 aromatic rings. The number of carbonyl (C=O) groups excluding carboxylic acids is 2. The standard InChI is InChI=1S/C12H13BrO4/c1-4-17-12(15)11(14)9-6-8(16-3)5-7(2)10(9)13/h5-6H,4H2,1-3H3. The molecule has 92 valence electrons. The third kappa shape index (κ3) is 3.06. The van der Waals surface area contributed by atoms with Gasteiger partial charge in [0.2, 0.25) is 0 Å². The molecule has 0 aliphatic carbocycles. The van der Waals surface area contributed by atoms with Gasteiger partial charge in [0.1, 0.15) is 5.75 Å². The van der Waals surface area contributed by atoms with Gasteiger partial charge in [-0.2, -0.15) is 0 Å². The van der Waals surface area contributed by atoms with Gasteiger partial charge in [-0.15, -0.1) is 0 Å². The van der Waals surface area contributed by atoms with E-state index in [1.54, 1.807) is 13.0 Å². The second-order valence-electron chi connectivity index (χ2n) is 3.36. The van der Waals surface area contributed by atoms with Crippen molar-refractivity contribution in [1.82, 2.24) is 0 Å². The second kappa shape index (κ2) is 5.82. The van der Waals surface area contributed by atoms with E-state index in [0.717, 1.165) is 5.56 Å². The van der Waals surface area contributed by atoms with E-state index in [4.69, 9.17) is 4.74 Å². The second-order valence-corrected chi connectivity index (χ2v) is 4.15. The highest BCUT2D eigenvalue weighted by molar-refractivity contribution is 9.10. The van der Waals surface area contributed by atoms with Crippen LogP contribution in [0.25, 0.3) is 0 Å². The molecule has 0 aliphatic rings. The van der Waals surface area contributed by atoms with Crippen molar-refractivity contribution < 1.29 is 19.1 Å². The van der Waals surface area contributed by atoms with Crippen LogP contribution in [-0.2, 0) is 9.53 Å². The predicted octanol–water partition coefficient (Wildman–Crippen LogP) is 2.51. The van der Waals surface area contributed by atoms with Gasteiger partial charge in [0.25, 0.3) is 5.78 Å². The average molecular weight is 301 g/mol. The zero-order valence-electron chi connectivity index (χ0n) is 9.87. The van der Waals surface area contributed by atoms with Gasteiger partial charge in [-0.1, -0.05) is 0 Å². The van der Waals surface area contributed by atoms with Gasteiger partial charge in [-0.25, -0.2) is 4.79 Å². The summed E-state index contributed by atoms with van der Waals surface area (Å²) in [5.41, 5.74) is 1.07. The number of Topliss-reactive ketones (excluding diaryl/α,β-unsaturated/α-hetero) is 1. The number of hydrogen-bond donors (Lipinski definition) is 0. The number of benzene rings is 1. The van der Waals surface area contributed by atoms with E-state index >= 15 is 0 Å². The van der Waals surface area contributed by atoms with Crippen molar-refractivity contribution in [2.45, 2.75) is 13.8 Å². The lowest BCUT2D eigenvalue weighted by atomic mass is 10.1. The number of methoxy groups -OCH3 is 1. The number of carbonyl (C=O) groups is 2. The molecule has 0 N–H and O–H groups in total. The molecule has 0 unspecified atom stereocenters. The number of rotatable bonds is 4. The summed E-state index contributed by atoms with van der Waals surface area (Å²) < 4.78 is 10.3. The third-order valence-electron chi connectivity index (χ3n) is 2.17. The molecule has 1 rings (SSSR count). The highest BCUT2D eigenvalue weighted by atomic mass is 79.9. The normalized spacial score (nSPS) is 9.88. The molecular weight excluding hydrogens is 288 g/mol. The van der Waals surface area contributed by atoms with Crippen molar-refractivity contribution in [2.24, 2.45) is 0 Å². The number of ether oxygens (including phenoxy) is 2. The fourth-order valence-corrected chi connectivity index (χ4v) is 1.74. The zero-order valence-corrected chi connectivity index (χ0v) is 11.5. The first-order valence-corrected chi connectivity index (χ1v) is 5.86. The van der Waals surface area contributed by atoms with Crippen molar-refractivity contribution in [2.75, 3.05) is 13.7 Å². The molecule has 1 aromatic carbocycles. The number of halogens is 1. The molecule has 0 fully saturated rings. The largest absolute Gasteiger partial charge is 0.497 e. The van der Waals surface area contributed by atoms with Gasteiger partial charge in [-0.3, -0.25) is 4.79 Å². The number of esters is 1. The van der Waals surface area contributed by atoms with Gasteiger partial charge < -0.3 is 9.47 Å². The summed E-state index contributed by atoms with van der Waals surface area (Å²) in [4.78, 5) is 23.2. The van der Waals surface area contributed by atoms with E-state index in [-0.39, 0.29) is 12.2 Å². The highest BCUT2D eigenvalue weighted by Crippen LogP contribution is 2.27. The van der Waals surface area contributed by atoms with E-state index in [1.165, 1.54) is 13.2 Å². The van der Waals surface area contributed by atoms with Gasteiger partial charge >= 0.3 is 5.97 Å². The van der Waals surface area contributed by atoms with Crippen LogP contribution in [0.15, 0.2) is 16.6 Å². The summed E-state index contributed by atoms with van der Waals surface area (Å²) in [6.45, 7) is 3.64. The monoisotopic (exact) mass is 300 g/mol. The lowest BCUT2D eigenvalue weighted by molar-refractivity contribution is -0.137. The van der Waals surface area contributed by atoms with Crippen LogP contribution in [0, 0.1) is 6.92 Å². The van der Waals surface area contributed by atoms with E-state index < -0.39 is 11.8 Å². The summed E-state index contributed by atoms with van der Waals surface area (Å²) in [5.74, 6) is -1.01. The van der Waals surface area contributed by atoms with E-state index in [2.05, 4.69) is 20.7 Å². The Morgan fingerprint density at radius 1 is 1.35 bits per heavy atom. The van der Waals surface area contributed by atoms with Crippen LogP contribution in [0.4, 0.5) is 0 Å². The summed E-state index contributed by atoms with van der Waals surface area (Å²) in [5, 5.41) is 0. The fraction of sp³-hybridized carbons (Fsp3) is 0.333. The van der Waals surface area contributed by atoms with Crippen LogP contribution in [-0.4, -0.2) is 25.5 Å². The maximum absolute atomic E-state index is 11.8. The Morgan fingerprint density at radius 3 is 2.53 bits per heavy atom. The molecule has 0 aliphatic heterocycles. The molecule has 0 atom stereocenters. The first-order valence-electron chi connectivity index (χ1n) is 5.06. The van der Waals surface area contributed by atoms with Crippen molar-refractivity contribution in [1.29, 1.82) is 0 Å². The number of hydrogen-bond acceptors (Lipinski definition) is 4. The predicted molar refractivity (Wildman–Crippen MR) is 66.4 cm³/mol. The van der Waals surface area contributed by atoms with Crippen molar-refractivity contribution in [3.63, 3.8) is 0 Å². The lowest BCUT2D eigenvalue weighted by Gasteiger charge is -2.09. The van der Waals surface area contributed by atoms with Crippen molar-refractivity contribution >= 4 is 27.7 Å². The molecular formula is C12H13BrO4. The van der Waals surface area contributed by atoms with Crippen LogP contribution >= 0.6 is 15.9 Å². The Hall–Kier alpha value is -1.36. The highest BCUT2D eigenvalue weighted by Gasteiger charge is 2.22. The molecule has 5 heteroatoms. The third-order valence-corrected chi connectivity index (χ3v) is 3.22. The summed E-state index contributed by atoms with van der Waals surface area (Å²) in [6.07, 6.45) is 0. The van der Waals surface area contributed by atoms with Gasteiger partial charge in [0.15, 0.2) is 0 Å². The summed E-state index contributed by atoms with van der Waals surface area (Å²) >= 11 is 3.28. The summed E-state index contributed by atoms with van der Waals surface area (Å²) in [7, 11) is 1.50. The molecule has 0 radical (unpaired) electrons. The van der Waals surface area contributed by atoms with Gasteiger partial charge in [0, 0.05) is 10.0 Å². The maximum atomic E-state index is 11.8. The average Bonchev–Trinajstić information content (AvgIpc) is 2.31. The zero-order chi connectivity index (χ0) is 13.0. The molecule has 0 amide bonds. The molecule has 0 saturated carbocycles. The van der Waals surface area contributed by atoms with Gasteiger partial charge in [0.05, 0.1) is 13.7 Å². The Labute approximate surface area is 108 Å². The minimum atomic E-state index is -0.860. The van der Waals surface area contributed by atoms with E-state index in [0.29, 0.717) is 10.2 Å². The topological polar surface area (TPSA) is 52.6 Å². The number of aryl methyl sites for hydroxylation is 1. The Balaban J connectivity index is 3.16. The first kappa shape index (κ1) is 13.7. The molecule has 0 bridgehead atoms. The van der Waals surface area contributed by atoms with Crippen LogP contribution in [0.5, 0.6) is 5.75 Å². The molecule has 0 spiro atoms. The maximum Gasteiger partial charge on any atom is 0.379 e. The van der Waals surface area contributed by atoms with Crippen LogP contribution in [0.2, 0.25) is 0 Å². The molecule has 0 aromatic heterocycles. The first-order chi connectivity index (χ1) is 8.01.